The van der Waals surface area contributed by atoms with Crippen molar-refractivity contribution in [3.8, 4) is 0 Å². The summed E-state index contributed by atoms with van der Waals surface area (Å²) in [5.41, 5.74) is 3.23. The van der Waals surface area contributed by atoms with Crippen LogP contribution in [0.25, 0.3) is 0 Å². The smallest absolute Gasteiger partial charge is 0.229 e. The number of hydrogen-bond acceptors (Lipinski definition) is 3. The second-order valence-electron chi connectivity index (χ2n) is 12.1. The first-order chi connectivity index (χ1) is 19.9. The summed E-state index contributed by atoms with van der Waals surface area (Å²) in [6, 6.07) is 26.5. The van der Waals surface area contributed by atoms with Gasteiger partial charge in [-0.3, -0.25) is 9.59 Å². The zero-order valence-electron chi connectivity index (χ0n) is 23.4. The van der Waals surface area contributed by atoms with Crippen LogP contribution in [-0.2, 0) is 22.6 Å². The van der Waals surface area contributed by atoms with E-state index in [0.717, 1.165) is 68.6 Å². The molecule has 0 bridgehead atoms. The Balaban J connectivity index is 1.08. The first kappa shape index (κ1) is 28.4. The second kappa shape index (κ2) is 12.3. The third-order valence-corrected chi connectivity index (χ3v) is 10.2. The van der Waals surface area contributed by atoms with E-state index in [1.165, 1.54) is 11.1 Å². The van der Waals surface area contributed by atoms with Crippen LogP contribution in [0.3, 0.4) is 0 Å². The van der Waals surface area contributed by atoms with Gasteiger partial charge in [-0.25, -0.2) is 0 Å². The van der Waals surface area contributed by atoms with Gasteiger partial charge in [-0.2, -0.15) is 0 Å². The number of hydrogen-bond donors (Lipinski definition) is 0. The molecule has 6 rings (SSSR count). The van der Waals surface area contributed by atoms with Gasteiger partial charge >= 0.3 is 0 Å². The number of likely N-dealkylation sites (tertiary alicyclic amines) is 3. The third kappa shape index (κ3) is 6.40. The zero-order chi connectivity index (χ0) is 28.4. The Morgan fingerprint density at radius 2 is 1.61 bits per heavy atom. The van der Waals surface area contributed by atoms with Crippen LogP contribution in [0.2, 0.25) is 5.02 Å². The van der Waals surface area contributed by atoms with Crippen LogP contribution >= 0.6 is 27.5 Å². The molecule has 0 radical (unpaired) electrons. The summed E-state index contributed by atoms with van der Waals surface area (Å²) in [5.74, 6) is 1.17. The van der Waals surface area contributed by atoms with Gasteiger partial charge in [0.2, 0.25) is 11.8 Å². The molecule has 2 atom stereocenters. The van der Waals surface area contributed by atoms with Gasteiger partial charge in [0.25, 0.3) is 0 Å². The molecule has 3 aliphatic heterocycles. The number of nitrogens with zero attached hydrogens (tertiary/aromatic N) is 3. The molecule has 1 spiro atoms. The highest BCUT2D eigenvalue weighted by molar-refractivity contribution is 9.10. The average molecular weight is 635 g/mol. The highest BCUT2D eigenvalue weighted by atomic mass is 79.9. The number of piperidine rings is 1. The lowest BCUT2D eigenvalue weighted by molar-refractivity contribution is -0.139. The molecular formula is C34H37BrClN3O2. The molecule has 7 heteroatoms. The summed E-state index contributed by atoms with van der Waals surface area (Å²) in [5, 5.41) is 0.664. The monoisotopic (exact) mass is 633 g/mol. The normalized spacial score (nSPS) is 22.5. The fraction of sp³-hybridized carbons (Fsp3) is 0.412. The lowest BCUT2D eigenvalue weighted by Crippen LogP contribution is -2.46. The van der Waals surface area contributed by atoms with Gasteiger partial charge < -0.3 is 14.7 Å². The molecule has 3 aromatic rings. The molecule has 3 aliphatic rings. The van der Waals surface area contributed by atoms with Crippen LogP contribution in [0.1, 0.15) is 41.9 Å². The molecule has 5 nitrogen and oxygen atoms in total. The van der Waals surface area contributed by atoms with Crippen molar-refractivity contribution in [3.05, 3.63) is 105 Å². The highest BCUT2D eigenvalue weighted by Gasteiger charge is 2.48. The Morgan fingerprint density at radius 1 is 0.878 bits per heavy atom. The van der Waals surface area contributed by atoms with E-state index in [1.54, 1.807) is 0 Å². The Labute approximate surface area is 256 Å². The van der Waals surface area contributed by atoms with Gasteiger partial charge in [-0.05, 0) is 79.2 Å². The maximum absolute atomic E-state index is 13.6. The van der Waals surface area contributed by atoms with Crippen LogP contribution < -0.4 is 0 Å². The van der Waals surface area contributed by atoms with Gasteiger partial charge in [-0.1, -0.05) is 82.1 Å². The molecular weight excluding hydrogens is 598 g/mol. The number of benzene rings is 3. The molecule has 0 saturated carbocycles. The first-order valence-electron chi connectivity index (χ1n) is 14.7. The molecule has 214 valence electrons. The molecule has 0 aromatic heterocycles. The third-order valence-electron chi connectivity index (χ3n) is 9.46. The predicted octanol–water partition coefficient (Wildman–Crippen LogP) is 6.40. The fourth-order valence-electron chi connectivity index (χ4n) is 7.08. The van der Waals surface area contributed by atoms with Crippen molar-refractivity contribution in [2.24, 2.45) is 11.3 Å². The predicted molar refractivity (Wildman–Crippen MR) is 167 cm³/mol. The molecule has 3 heterocycles. The van der Waals surface area contributed by atoms with Crippen LogP contribution in [0.15, 0.2) is 83.3 Å². The number of rotatable bonds is 7. The summed E-state index contributed by atoms with van der Waals surface area (Å²) in [4.78, 5) is 33.6. The van der Waals surface area contributed by atoms with E-state index < -0.39 is 0 Å². The van der Waals surface area contributed by atoms with Crippen molar-refractivity contribution in [2.45, 2.75) is 38.1 Å². The largest absolute Gasteiger partial charge is 0.341 e. The van der Waals surface area contributed by atoms with Crippen LogP contribution in [0.5, 0.6) is 0 Å². The Kier molecular flexibility index (Phi) is 8.52. The standard InChI is InChI=1S/C34H37BrClN3O2/c35-29-11-9-25(10-12-29)21-38-18-15-34(33(38)41)13-16-37(17-14-34)22-28-23-39(24-31(28)27-6-2-1-3-7-27)32(40)20-26-5-4-8-30(36)19-26/h1-12,19,28,31H,13-18,20-24H2/t28-,31+/m0/s1. The molecule has 2 amide bonds. The van der Waals surface area contributed by atoms with Gasteiger partial charge in [0, 0.05) is 48.1 Å². The van der Waals surface area contributed by atoms with Gasteiger partial charge in [0.1, 0.15) is 0 Å². The Bertz CT molecular complexity index is 1370. The lowest BCUT2D eigenvalue weighted by atomic mass is 9.76. The lowest BCUT2D eigenvalue weighted by Gasteiger charge is -2.39. The van der Waals surface area contributed by atoms with E-state index in [1.807, 2.05) is 36.4 Å². The maximum Gasteiger partial charge on any atom is 0.229 e. The van der Waals surface area contributed by atoms with E-state index in [9.17, 15) is 9.59 Å². The summed E-state index contributed by atoms with van der Waals surface area (Å²) in [6.45, 7) is 5.87. The van der Waals surface area contributed by atoms with Crippen LogP contribution in [-0.4, -0.2) is 65.8 Å². The molecule has 3 saturated heterocycles. The summed E-state index contributed by atoms with van der Waals surface area (Å²) in [7, 11) is 0. The number of carbonyl (C=O) groups is 2. The number of amides is 2. The van der Waals surface area contributed by atoms with Crippen molar-refractivity contribution in [3.63, 3.8) is 0 Å². The van der Waals surface area contributed by atoms with E-state index in [0.29, 0.717) is 35.7 Å². The highest BCUT2D eigenvalue weighted by Crippen LogP contribution is 2.43. The molecule has 0 N–H and O–H groups in total. The van der Waals surface area contributed by atoms with Gasteiger partial charge in [0.05, 0.1) is 11.8 Å². The van der Waals surface area contributed by atoms with Crippen LogP contribution in [0, 0.1) is 11.3 Å². The SMILES string of the molecule is O=C(Cc1cccc(Cl)c1)N1C[C@H](CN2CCC3(CC2)CCN(Cc2ccc(Br)cc2)C3=O)[C@@H](c2ccccc2)C1. The zero-order valence-corrected chi connectivity index (χ0v) is 25.7. The molecule has 0 aliphatic carbocycles. The molecule has 3 fully saturated rings. The van der Waals surface area contributed by atoms with Crippen molar-refractivity contribution in [1.82, 2.24) is 14.7 Å². The van der Waals surface area contributed by atoms with E-state index >= 15 is 0 Å². The summed E-state index contributed by atoms with van der Waals surface area (Å²) >= 11 is 9.67. The number of carbonyl (C=O) groups excluding carboxylic acids is 2. The van der Waals surface area contributed by atoms with Crippen molar-refractivity contribution < 1.29 is 9.59 Å². The summed E-state index contributed by atoms with van der Waals surface area (Å²) in [6.07, 6.45) is 3.17. The van der Waals surface area contributed by atoms with Gasteiger partial charge in [0.15, 0.2) is 0 Å². The molecule has 0 unspecified atom stereocenters. The van der Waals surface area contributed by atoms with Crippen molar-refractivity contribution >= 4 is 39.3 Å². The summed E-state index contributed by atoms with van der Waals surface area (Å²) < 4.78 is 1.06. The van der Waals surface area contributed by atoms with E-state index in [4.69, 9.17) is 11.6 Å². The Hall–Kier alpha value is -2.67. The average Bonchev–Trinajstić information content (AvgIpc) is 3.53. The molecule has 3 aromatic carbocycles. The second-order valence-corrected chi connectivity index (χ2v) is 13.4. The van der Waals surface area contributed by atoms with Gasteiger partial charge in [-0.15, -0.1) is 0 Å². The first-order valence-corrected chi connectivity index (χ1v) is 15.9. The quantitative estimate of drug-likeness (QED) is 0.302. The van der Waals surface area contributed by atoms with Crippen LogP contribution in [0.4, 0.5) is 0 Å². The topological polar surface area (TPSA) is 43.9 Å². The van der Waals surface area contributed by atoms with Crippen molar-refractivity contribution in [1.29, 1.82) is 0 Å². The maximum atomic E-state index is 13.6. The minimum absolute atomic E-state index is 0.163. The number of halogens is 2. The fourth-order valence-corrected chi connectivity index (χ4v) is 7.56. The minimum atomic E-state index is -0.209. The Morgan fingerprint density at radius 3 is 2.34 bits per heavy atom. The minimum Gasteiger partial charge on any atom is -0.341 e. The van der Waals surface area contributed by atoms with E-state index in [-0.39, 0.29) is 11.3 Å². The van der Waals surface area contributed by atoms with E-state index in [2.05, 4.69) is 73.1 Å². The van der Waals surface area contributed by atoms with Crippen molar-refractivity contribution in [2.75, 3.05) is 39.3 Å². The molecule has 41 heavy (non-hydrogen) atoms.